The van der Waals surface area contributed by atoms with E-state index in [1.54, 1.807) is 59.4 Å². The second-order valence-electron chi connectivity index (χ2n) is 10.5. The van der Waals surface area contributed by atoms with Crippen molar-refractivity contribution < 1.29 is 14.4 Å². The van der Waals surface area contributed by atoms with Crippen LogP contribution in [0.3, 0.4) is 0 Å². The molecule has 6 rings (SSSR count). The highest BCUT2D eigenvalue weighted by atomic mass is 16.2. The number of nitrogens with zero attached hydrogens (tertiary/aromatic N) is 7. The van der Waals surface area contributed by atoms with Crippen molar-refractivity contribution in [2.45, 2.75) is 59.2 Å². The average Bonchev–Trinajstić information content (AvgIpc) is 3.25. The molecule has 192 valence electrons. The maximum absolute atomic E-state index is 13.8. The first-order chi connectivity index (χ1) is 18.2. The van der Waals surface area contributed by atoms with Crippen molar-refractivity contribution in [2.75, 3.05) is 0 Å². The van der Waals surface area contributed by atoms with Gasteiger partial charge in [-0.25, -0.2) is 9.97 Å². The first-order valence-electron chi connectivity index (χ1n) is 12.6. The molecule has 4 aromatic rings. The minimum atomic E-state index is -0.567. The van der Waals surface area contributed by atoms with Crippen LogP contribution in [0.5, 0.6) is 0 Å². The van der Waals surface area contributed by atoms with Gasteiger partial charge in [0.1, 0.15) is 23.8 Å². The largest absolute Gasteiger partial charge is 0.327 e. The highest BCUT2D eigenvalue weighted by molar-refractivity contribution is 6.06. The van der Waals surface area contributed by atoms with Gasteiger partial charge in [-0.1, -0.05) is 13.0 Å². The molecule has 38 heavy (non-hydrogen) atoms. The van der Waals surface area contributed by atoms with Crippen LogP contribution in [0, 0.1) is 19.3 Å². The Labute approximate surface area is 219 Å². The molecule has 0 aromatic carbocycles. The predicted octanol–water partition coefficient (Wildman–Crippen LogP) is 3.37. The average molecular weight is 510 g/mol. The normalized spacial score (nSPS) is 21.9. The summed E-state index contributed by atoms with van der Waals surface area (Å²) in [5.74, 6) is 0.0817. The molecule has 0 bridgehead atoms. The van der Waals surface area contributed by atoms with Crippen molar-refractivity contribution in [3.05, 3.63) is 65.8 Å². The summed E-state index contributed by atoms with van der Waals surface area (Å²) in [6.45, 7) is 7.10. The lowest BCUT2D eigenvalue weighted by atomic mass is 9.97. The molecule has 10 nitrogen and oxygen atoms in total. The van der Waals surface area contributed by atoms with Gasteiger partial charge in [0.2, 0.25) is 11.7 Å². The first kappa shape index (κ1) is 24.0. The summed E-state index contributed by atoms with van der Waals surface area (Å²) in [7, 11) is 0. The van der Waals surface area contributed by atoms with Crippen LogP contribution in [-0.4, -0.2) is 64.2 Å². The third-order valence-corrected chi connectivity index (χ3v) is 7.74. The molecule has 0 N–H and O–H groups in total. The first-order valence-corrected chi connectivity index (χ1v) is 12.6. The molecule has 1 amide bonds. The maximum atomic E-state index is 13.8. The third-order valence-electron chi connectivity index (χ3n) is 7.74. The van der Waals surface area contributed by atoms with Crippen LogP contribution >= 0.6 is 0 Å². The van der Waals surface area contributed by atoms with Crippen LogP contribution in [0.1, 0.15) is 59.2 Å². The van der Waals surface area contributed by atoms with Crippen molar-refractivity contribution in [1.82, 2.24) is 34.6 Å². The molecule has 10 heteroatoms. The van der Waals surface area contributed by atoms with Crippen LogP contribution < -0.4 is 0 Å². The molecule has 0 radical (unpaired) electrons. The van der Waals surface area contributed by atoms with E-state index in [1.165, 1.54) is 6.92 Å². The zero-order valence-corrected chi connectivity index (χ0v) is 21.7. The van der Waals surface area contributed by atoms with Crippen molar-refractivity contribution in [3.63, 3.8) is 0 Å². The van der Waals surface area contributed by atoms with Gasteiger partial charge in [-0.05, 0) is 50.3 Å². The van der Waals surface area contributed by atoms with E-state index < -0.39 is 6.04 Å². The lowest BCUT2D eigenvalue weighted by molar-refractivity contribution is -0.133. The molecular weight excluding hydrogens is 482 g/mol. The van der Waals surface area contributed by atoms with Crippen molar-refractivity contribution >= 4 is 28.4 Å². The maximum Gasteiger partial charge on any atom is 0.245 e. The SMILES string of the molecule is CC(=O)c1nn(CC(=O)N2C(C(=O)c3ccccn3)C[C@@]3(C)C[C@@H]23)c2c(C)nc(-c3cnc(C)nc3)cc12. The zero-order valence-electron chi connectivity index (χ0n) is 21.7. The summed E-state index contributed by atoms with van der Waals surface area (Å²) < 4.78 is 1.55. The Balaban J connectivity index is 1.36. The van der Waals surface area contributed by atoms with Gasteiger partial charge < -0.3 is 4.90 Å². The van der Waals surface area contributed by atoms with Crippen LogP contribution in [0.4, 0.5) is 0 Å². The molecule has 1 unspecified atom stereocenters. The van der Waals surface area contributed by atoms with E-state index in [2.05, 4.69) is 27.0 Å². The molecule has 1 aliphatic heterocycles. The number of carbonyl (C=O) groups is 3. The Morgan fingerprint density at radius 3 is 2.53 bits per heavy atom. The summed E-state index contributed by atoms with van der Waals surface area (Å²) in [5, 5.41) is 5.16. The minimum absolute atomic E-state index is 0.00845. The summed E-state index contributed by atoms with van der Waals surface area (Å²) in [4.78, 5) is 58.8. The molecular formula is C28H27N7O3. The zero-order chi connectivity index (χ0) is 26.8. The van der Waals surface area contributed by atoms with E-state index in [-0.39, 0.29) is 41.2 Å². The summed E-state index contributed by atoms with van der Waals surface area (Å²) >= 11 is 0. The molecule has 5 heterocycles. The van der Waals surface area contributed by atoms with Gasteiger partial charge in [-0.2, -0.15) is 5.10 Å². The van der Waals surface area contributed by atoms with E-state index in [0.717, 1.165) is 12.0 Å². The molecule has 3 atom stereocenters. The monoisotopic (exact) mass is 509 g/mol. The van der Waals surface area contributed by atoms with Gasteiger partial charge in [0.05, 0.1) is 22.9 Å². The van der Waals surface area contributed by atoms with Gasteiger partial charge in [-0.15, -0.1) is 0 Å². The van der Waals surface area contributed by atoms with E-state index in [1.807, 2.05) is 6.92 Å². The number of hydrogen-bond donors (Lipinski definition) is 0. The van der Waals surface area contributed by atoms with Gasteiger partial charge >= 0.3 is 0 Å². The Bertz CT molecular complexity index is 1610. The Kier molecular flexibility index (Phi) is 5.44. The lowest BCUT2D eigenvalue weighted by Crippen LogP contribution is -2.45. The number of Topliss-reactive ketones (excluding diaryl/α,β-unsaturated/α-hetero) is 2. The van der Waals surface area contributed by atoms with Gasteiger partial charge in [-0.3, -0.25) is 29.0 Å². The van der Waals surface area contributed by atoms with E-state index >= 15 is 0 Å². The van der Waals surface area contributed by atoms with Crippen LogP contribution in [0.2, 0.25) is 0 Å². The summed E-state index contributed by atoms with van der Waals surface area (Å²) in [5.41, 5.74) is 3.15. The molecule has 2 fully saturated rings. The second kappa shape index (κ2) is 8.61. The number of piperidine rings is 1. The highest BCUT2D eigenvalue weighted by Gasteiger charge is 2.64. The van der Waals surface area contributed by atoms with E-state index in [9.17, 15) is 14.4 Å². The highest BCUT2D eigenvalue weighted by Crippen LogP contribution is 2.59. The molecule has 1 saturated heterocycles. The van der Waals surface area contributed by atoms with Crippen LogP contribution in [0.25, 0.3) is 22.2 Å². The second-order valence-corrected chi connectivity index (χ2v) is 10.5. The number of aryl methyl sites for hydroxylation is 2. The number of ketones is 2. The number of carbonyl (C=O) groups excluding carboxylic acids is 3. The topological polar surface area (TPSA) is 124 Å². The van der Waals surface area contributed by atoms with Crippen molar-refractivity contribution in [1.29, 1.82) is 0 Å². The van der Waals surface area contributed by atoms with Crippen LogP contribution in [0.15, 0.2) is 42.9 Å². The van der Waals surface area contributed by atoms with Gasteiger partial charge in [0.25, 0.3) is 0 Å². The third kappa shape index (κ3) is 3.87. The Morgan fingerprint density at radius 2 is 1.84 bits per heavy atom. The van der Waals surface area contributed by atoms with Crippen molar-refractivity contribution in [2.24, 2.45) is 5.41 Å². The number of aromatic nitrogens is 6. The molecule has 1 aliphatic carbocycles. The Hall–Kier alpha value is -4.34. The number of amides is 1. The summed E-state index contributed by atoms with van der Waals surface area (Å²) in [6.07, 6.45) is 6.45. The molecule has 2 aliphatic rings. The van der Waals surface area contributed by atoms with E-state index in [4.69, 9.17) is 4.98 Å². The fraction of sp³-hybridized carbons (Fsp3) is 0.357. The standard InChI is InChI=1S/C28H27N7O3/c1-15-26-19(9-21(32-15)18-12-30-17(3)31-13-18)25(16(2)36)33-34(26)14-24(37)35-22(10-28(4)11-23(28)35)27(38)20-7-5-6-8-29-20/h5-9,12-13,22-23H,10-11,14H2,1-4H3/t22?,23-,28+/m1/s1. The van der Waals surface area contributed by atoms with Gasteiger partial charge in [0, 0.05) is 42.5 Å². The smallest absolute Gasteiger partial charge is 0.245 e. The quantitative estimate of drug-likeness (QED) is 0.363. The predicted molar refractivity (Wildman–Crippen MR) is 138 cm³/mol. The fourth-order valence-corrected chi connectivity index (χ4v) is 5.69. The molecule has 1 saturated carbocycles. The van der Waals surface area contributed by atoms with Gasteiger partial charge in [0.15, 0.2) is 5.78 Å². The lowest BCUT2D eigenvalue weighted by Gasteiger charge is -2.26. The number of pyridine rings is 2. The number of rotatable bonds is 6. The summed E-state index contributed by atoms with van der Waals surface area (Å²) in [6, 6.07) is 6.45. The Morgan fingerprint density at radius 1 is 1.08 bits per heavy atom. The van der Waals surface area contributed by atoms with E-state index in [0.29, 0.717) is 40.2 Å². The number of hydrogen-bond acceptors (Lipinski definition) is 8. The van der Waals surface area contributed by atoms with Crippen LogP contribution in [-0.2, 0) is 11.3 Å². The molecule has 4 aromatic heterocycles. The number of likely N-dealkylation sites (tertiary alicyclic amines) is 1. The van der Waals surface area contributed by atoms with Crippen molar-refractivity contribution in [3.8, 4) is 11.3 Å². The number of fused-ring (bicyclic) bond motifs is 2. The molecule has 0 spiro atoms. The minimum Gasteiger partial charge on any atom is -0.327 e. The fourth-order valence-electron chi connectivity index (χ4n) is 5.69.